The van der Waals surface area contributed by atoms with Crippen LogP contribution in [0.2, 0.25) is 0 Å². The van der Waals surface area contributed by atoms with Crippen molar-refractivity contribution in [1.29, 1.82) is 0 Å². The molecule has 4 rings (SSSR count). The van der Waals surface area contributed by atoms with E-state index in [0.29, 0.717) is 17.3 Å². The summed E-state index contributed by atoms with van der Waals surface area (Å²) in [5.74, 6) is 0.491. The van der Waals surface area contributed by atoms with Gasteiger partial charge in [0.25, 0.3) is 0 Å². The smallest absolute Gasteiger partial charge is 0.437 e. The van der Waals surface area contributed by atoms with Crippen LogP contribution < -0.4 is 20.1 Å². The third-order valence-electron chi connectivity index (χ3n) is 5.01. The number of ether oxygens (including phenoxy) is 2. The van der Waals surface area contributed by atoms with Crippen LogP contribution in [0, 0.1) is 6.92 Å². The Morgan fingerprint density at radius 1 is 1.03 bits per heavy atom. The number of halogens is 3. The zero-order valence-electron chi connectivity index (χ0n) is 19.4. The Balaban J connectivity index is 1.48. The molecule has 0 spiro atoms. The van der Waals surface area contributed by atoms with Crippen molar-refractivity contribution in [2.45, 2.75) is 26.3 Å². The Morgan fingerprint density at radius 2 is 1.78 bits per heavy atom. The summed E-state index contributed by atoms with van der Waals surface area (Å²) >= 11 is 0. The Bertz CT molecular complexity index is 1320. The summed E-state index contributed by atoms with van der Waals surface area (Å²) in [6, 6.07) is 12.7. The zero-order valence-corrected chi connectivity index (χ0v) is 19.4. The Labute approximate surface area is 205 Å². The van der Waals surface area contributed by atoms with Crippen molar-refractivity contribution in [1.82, 2.24) is 9.78 Å². The van der Waals surface area contributed by atoms with E-state index < -0.39 is 12.4 Å². The fourth-order valence-electron chi connectivity index (χ4n) is 3.50. The van der Waals surface area contributed by atoms with Crippen molar-refractivity contribution >= 4 is 17.4 Å². The van der Waals surface area contributed by atoms with Crippen molar-refractivity contribution in [2.24, 2.45) is 0 Å². The second kappa shape index (κ2) is 10.4. The summed E-state index contributed by atoms with van der Waals surface area (Å²) in [5.41, 5.74) is 2.52. The van der Waals surface area contributed by atoms with Crippen LogP contribution in [0.5, 0.6) is 17.4 Å². The Hall–Kier alpha value is -4.47. The number of aromatic nitrogens is 2. The molecule has 1 atom stereocenters. The first-order valence-electron chi connectivity index (χ1n) is 11.0. The lowest BCUT2D eigenvalue weighted by Crippen LogP contribution is -2.20. The van der Waals surface area contributed by atoms with Gasteiger partial charge in [0.05, 0.1) is 17.4 Å². The molecule has 2 aromatic carbocycles. The van der Waals surface area contributed by atoms with E-state index in [2.05, 4.69) is 26.5 Å². The number of carbonyl (C=O) groups excluding carboxylic acids is 1. The lowest BCUT2D eigenvalue weighted by Gasteiger charge is -2.16. The van der Waals surface area contributed by atoms with E-state index in [1.54, 1.807) is 35.0 Å². The highest BCUT2D eigenvalue weighted by molar-refractivity contribution is 6.00. The summed E-state index contributed by atoms with van der Waals surface area (Å²) in [5, 5.41) is 9.84. The van der Waals surface area contributed by atoms with E-state index >= 15 is 0 Å². The van der Waals surface area contributed by atoms with Gasteiger partial charge in [-0.1, -0.05) is 48.1 Å². The molecule has 186 valence electrons. The number of para-hydroxylation sites is 2. The number of nitrogens with one attached hydrogen (secondary N) is 2. The minimum absolute atomic E-state index is 0.156. The van der Waals surface area contributed by atoms with Crippen LogP contribution >= 0.6 is 0 Å². The van der Waals surface area contributed by atoms with E-state index in [4.69, 9.17) is 4.74 Å². The maximum atomic E-state index is 12.6. The van der Waals surface area contributed by atoms with Gasteiger partial charge >= 0.3 is 12.4 Å². The Kier molecular flexibility index (Phi) is 7.14. The zero-order chi connectivity index (χ0) is 25.7. The van der Waals surface area contributed by atoms with Gasteiger partial charge in [-0.2, -0.15) is 5.10 Å². The van der Waals surface area contributed by atoms with Crippen LogP contribution in [0.3, 0.4) is 0 Å². The van der Waals surface area contributed by atoms with Crippen molar-refractivity contribution < 1.29 is 27.4 Å². The summed E-state index contributed by atoms with van der Waals surface area (Å²) in [6.45, 7) is 3.86. The molecular formula is C26H23F3N4O3. The van der Waals surface area contributed by atoms with E-state index in [-0.39, 0.29) is 17.5 Å². The summed E-state index contributed by atoms with van der Waals surface area (Å²) in [7, 11) is 0. The number of hydrogen-bond acceptors (Lipinski definition) is 4. The first kappa shape index (κ1) is 24.6. The molecule has 1 aliphatic rings. The van der Waals surface area contributed by atoms with Crippen molar-refractivity contribution in [2.75, 3.05) is 10.6 Å². The third-order valence-corrected chi connectivity index (χ3v) is 5.01. The predicted molar refractivity (Wildman–Crippen MR) is 130 cm³/mol. The minimum atomic E-state index is -4.79. The van der Waals surface area contributed by atoms with Crippen molar-refractivity contribution in [3.05, 3.63) is 96.2 Å². The molecule has 3 aromatic rings. The van der Waals surface area contributed by atoms with Gasteiger partial charge in [0.1, 0.15) is 5.75 Å². The van der Waals surface area contributed by atoms with Crippen LogP contribution in [0.15, 0.2) is 90.6 Å². The van der Waals surface area contributed by atoms with E-state index in [9.17, 15) is 18.0 Å². The van der Waals surface area contributed by atoms with Crippen LogP contribution in [0.25, 0.3) is 0 Å². The molecular weight excluding hydrogens is 473 g/mol. The second-order valence-electron chi connectivity index (χ2n) is 7.96. The summed E-state index contributed by atoms with van der Waals surface area (Å²) in [4.78, 5) is 12.6. The monoisotopic (exact) mass is 496 g/mol. The average Bonchev–Trinajstić information content (AvgIpc) is 3.02. The Morgan fingerprint density at radius 3 is 2.53 bits per heavy atom. The maximum absolute atomic E-state index is 12.6. The molecule has 10 heteroatoms. The molecule has 2 amide bonds. The average molecular weight is 496 g/mol. The van der Waals surface area contributed by atoms with Gasteiger partial charge in [0, 0.05) is 11.8 Å². The number of rotatable bonds is 6. The van der Waals surface area contributed by atoms with Gasteiger partial charge in [0.2, 0.25) is 5.88 Å². The van der Waals surface area contributed by atoms with E-state index in [1.807, 2.05) is 38.2 Å². The second-order valence-corrected chi connectivity index (χ2v) is 7.96. The normalized spacial score (nSPS) is 15.1. The van der Waals surface area contributed by atoms with E-state index in [1.165, 1.54) is 12.1 Å². The number of amides is 2. The van der Waals surface area contributed by atoms with Crippen LogP contribution in [0.4, 0.5) is 29.3 Å². The van der Waals surface area contributed by atoms with Gasteiger partial charge in [-0.15, -0.1) is 13.2 Å². The number of aryl methyl sites for hydroxylation is 1. The molecule has 0 saturated heterocycles. The molecule has 0 bridgehead atoms. The number of hydrogen-bond donors (Lipinski definition) is 2. The molecule has 0 aliphatic heterocycles. The van der Waals surface area contributed by atoms with Gasteiger partial charge in [0.15, 0.2) is 5.75 Å². The quantitative estimate of drug-likeness (QED) is 0.380. The fraction of sp³-hybridized carbons (Fsp3) is 0.154. The summed E-state index contributed by atoms with van der Waals surface area (Å²) < 4.78 is 48.7. The maximum Gasteiger partial charge on any atom is 0.573 e. The number of alkyl halides is 3. The SMILES string of the molecule is CC1=CC(n2nc(C)cc2Oc2ccccc2NC(=O)Nc2ccc(OC(F)(F)F)cc2)C=CC=C1. The summed E-state index contributed by atoms with van der Waals surface area (Å²) in [6.07, 6.45) is 5.17. The predicted octanol–water partition coefficient (Wildman–Crippen LogP) is 7.14. The molecule has 2 N–H and O–H groups in total. The standard InChI is InChI=1S/C26H23F3N4O3/c1-17-7-3-4-8-20(15-17)33-24(16-18(2)32-33)35-23-10-6-5-9-22(23)31-25(34)30-19-11-13-21(14-12-19)36-26(27,28)29/h3-16,20H,1-2H3,(H2,30,31,34). The molecule has 0 saturated carbocycles. The van der Waals surface area contributed by atoms with Crippen LogP contribution in [0.1, 0.15) is 18.7 Å². The first-order valence-corrected chi connectivity index (χ1v) is 11.0. The highest BCUT2D eigenvalue weighted by Gasteiger charge is 2.31. The van der Waals surface area contributed by atoms with Gasteiger partial charge in [-0.3, -0.25) is 0 Å². The minimum Gasteiger partial charge on any atom is -0.437 e. The first-order chi connectivity index (χ1) is 17.2. The molecule has 1 unspecified atom stereocenters. The molecule has 0 radical (unpaired) electrons. The van der Waals surface area contributed by atoms with Gasteiger partial charge < -0.3 is 20.1 Å². The van der Waals surface area contributed by atoms with E-state index in [0.717, 1.165) is 23.4 Å². The number of nitrogens with zero attached hydrogens (tertiary/aromatic N) is 2. The topological polar surface area (TPSA) is 77.4 Å². The number of benzene rings is 2. The van der Waals surface area contributed by atoms with Gasteiger partial charge in [-0.25, -0.2) is 9.48 Å². The number of carbonyl (C=O) groups is 1. The third kappa shape index (κ3) is 6.56. The highest BCUT2D eigenvalue weighted by atomic mass is 19.4. The lowest BCUT2D eigenvalue weighted by molar-refractivity contribution is -0.274. The lowest BCUT2D eigenvalue weighted by atomic mass is 10.2. The molecule has 1 aliphatic carbocycles. The van der Waals surface area contributed by atoms with Crippen molar-refractivity contribution in [3.63, 3.8) is 0 Å². The molecule has 36 heavy (non-hydrogen) atoms. The molecule has 1 aromatic heterocycles. The van der Waals surface area contributed by atoms with Crippen LogP contribution in [-0.4, -0.2) is 22.2 Å². The molecule has 7 nitrogen and oxygen atoms in total. The molecule has 0 fully saturated rings. The number of anilines is 2. The highest BCUT2D eigenvalue weighted by Crippen LogP contribution is 2.32. The molecule has 1 heterocycles. The largest absolute Gasteiger partial charge is 0.573 e. The van der Waals surface area contributed by atoms with Crippen molar-refractivity contribution in [3.8, 4) is 17.4 Å². The van der Waals surface area contributed by atoms with Crippen LogP contribution in [-0.2, 0) is 0 Å². The number of urea groups is 1. The fourth-order valence-corrected chi connectivity index (χ4v) is 3.50. The number of allylic oxidation sites excluding steroid dienone is 6. The van der Waals surface area contributed by atoms with Gasteiger partial charge in [-0.05, 0) is 50.2 Å².